The number of nitrogens with zero attached hydrogens (tertiary/aromatic N) is 1. The number of benzene rings is 2. The summed E-state index contributed by atoms with van der Waals surface area (Å²) < 4.78 is 5.05. The first-order valence-corrected chi connectivity index (χ1v) is 10.5. The van der Waals surface area contributed by atoms with Crippen LogP contribution in [-0.4, -0.2) is 33.7 Å². The van der Waals surface area contributed by atoms with Crippen LogP contribution in [0.5, 0.6) is 5.75 Å². The Morgan fingerprint density at radius 2 is 1.73 bits per heavy atom. The molecule has 0 saturated carbocycles. The molecule has 156 valence electrons. The van der Waals surface area contributed by atoms with Crippen LogP contribution in [0.1, 0.15) is 11.1 Å². The minimum Gasteiger partial charge on any atom is -0.479 e. The number of carboxylic acid groups (broad SMARTS) is 1. The quantitative estimate of drug-likeness (QED) is 0.483. The average Bonchev–Trinajstić information content (AvgIpc) is 2.90. The van der Waals surface area contributed by atoms with E-state index in [-0.39, 0.29) is 27.2 Å². The third kappa shape index (κ3) is 5.22. The van der Waals surface area contributed by atoms with Crippen molar-refractivity contribution in [1.29, 1.82) is 0 Å². The highest BCUT2D eigenvalue weighted by molar-refractivity contribution is 8.18. The molecule has 3 rings (SSSR count). The number of thioether (sulfide) groups is 1. The summed E-state index contributed by atoms with van der Waals surface area (Å²) in [5.74, 6) is -1.65. The van der Waals surface area contributed by atoms with Gasteiger partial charge < -0.3 is 9.84 Å². The van der Waals surface area contributed by atoms with E-state index < -0.39 is 23.7 Å². The maximum Gasteiger partial charge on any atom is 0.341 e. The van der Waals surface area contributed by atoms with Crippen LogP contribution >= 0.6 is 58.2 Å². The van der Waals surface area contributed by atoms with Gasteiger partial charge in [0.05, 0.1) is 21.5 Å². The summed E-state index contributed by atoms with van der Waals surface area (Å²) in [5, 5.41) is 9.19. The summed E-state index contributed by atoms with van der Waals surface area (Å²) in [4.78, 5) is 36.9. The van der Waals surface area contributed by atoms with Crippen molar-refractivity contribution >= 4 is 81.4 Å². The molecule has 11 heteroatoms. The third-order valence-corrected chi connectivity index (χ3v) is 5.93. The minimum atomic E-state index is -1.18. The Balaban J connectivity index is 1.82. The van der Waals surface area contributed by atoms with Gasteiger partial charge in [-0.3, -0.25) is 14.5 Å². The molecule has 0 atom stereocenters. The predicted molar refractivity (Wildman–Crippen MR) is 118 cm³/mol. The molecule has 0 aromatic heterocycles. The topological polar surface area (TPSA) is 83.9 Å². The molecule has 0 unspecified atom stereocenters. The second-order valence-electron chi connectivity index (χ2n) is 6.00. The van der Waals surface area contributed by atoms with Crippen molar-refractivity contribution in [3.63, 3.8) is 0 Å². The monoisotopic (exact) mass is 505 g/mol. The lowest BCUT2D eigenvalue weighted by Gasteiger charge is -2.13. The normalized spacial score (nSPS) is 15.2. The minimum absolute atomic E-state index is 0.00148. The molecule has 1 heterocycles. The summed E-state index contributed by atoms with van der Waals surface area (Å²) in [6.07, 6.45) is 1.47. The number of hydrogen-bond donors (Lipinski definition) is 1. The number of hydrogen-bond acceptors (Lipinski definition) is 5. The van der Waals surface area contributed by atoms with E-state index in [0.29, 0.717) is 21.2 Å². The molecule has 1 aliphatic rings. The van der Waals surface area contributed by atoms with Gasteiger partial charge in [0, 0.05) is 10.0 Å². The zero-order valence-electron chi connectivity index (χ0n) is 14.8. The lowest BCUT2D eigenvalue weighted by atomic mass is 10.2. The molecule has 6 nitrogen and oxygen atoms in total. The van der Waals surface area contributed by atoms with Crippen molar-refractivity contribution in [1.82, 2.24) is 4.90 Å². The molecule has 2 amide bonds. The Labute approximate surface area is 195 Å². The van der Waals surface area contributed by atoms with Crippen molar-refractivity contribution in [3.05, 3.63) is 66.5 Å². The van der Waals surface area contributed by atoms with Gasteiger partial charge in [0.15, 0.2) is 12.4 Å². The van der Waals surface area contributed by atoms with Gasteiger partial charge in [0.25, 0.3) is 11.1 Å². The lowest BCUT2D eigenvalue weighted by molar-refractivity contribution is -0.139. The van der Waals surface area contributed by atoms with E-state index in [9.17, 15) is 14.4 Å². The van der Waals surface area contributed by atoms with Crippen LogP contribution in [0.3, 0.4) is 0 Å². The molecule has 0 spiro atoms. The molecule has 1 aliphatic heterocycles. The largest absolute Gasteiger partial charge is 0.479 e. The number of carboxylic acids is 1. The van der Waals surface area contributed by atoms with E-state index in [1.54, 1.807) is 12.1 Å². The number of carbonyl (C=O) groups excluding carboxylic acids is 2. The molecule has 0 bridgehead atoms. The lowest BCUT2D eigenvalue weighted by Crippen LogP contribution is -2.27. The van der Waals surface area contributed by atoms with Crippen LogP contribution in [-0.2, 0) is 16.1 Å². The van der Waals surface area contributed by atoms with E-state index in [1.807, 2.05) is 0 Å². The zero-order chi connectivity index (χ0) is 22.0. The summed E-state index contributed by atoms with van der Waals surface area (Å²) in [7, 11) is 0. The van der Waals surface area contributed by atoms with Gasteiger partial charge in [-0.1, -0.05) is 52.5 Å². The molecule has 2 aromatic rings. The highest BCUT2D eigenvalue weighted by Gasteiger charge is 2.35. The molecule has 0 radical (unpaired) electrons. The second-order valence-corrected chi connectivity index (χ2v) is 8.65. The fraction of sp³-hybridized carbons (Fsp3) is 0.105. The summed E-state index contributed by atoms with van der Waals surface area (Å²) in [6, 6.07) is 7.71. The van der Waals surface area contributed by atoms with Crippen LogP contribution in [0.25, 0.3) is 6.08 Å². The zero-order valence-corrected chi connectivity index (χ0v) is 18.7. The SMILES string of the molecule is O=C(O)COc1c(Cl)cc(/C=C2\SC(=O)N(Cc3ccc(Cl)cc3Cl)C2=O)cc1Cl. The Morgan fingerprint density at radius 1 is 1.07 bits per heavy atom. The standard InChI is InChI=1S/C19H11Cl4NO5S/c20-11-2-1-10(12(21)6-11)7-24-18(27)15(30-19(24)28)5-9-3-13(22)17(14(23)4-9)29-8-16(25)26/h1-6H,7-8H2,(H,25,26)/b15-5-. The first-order chi connectivity index (χ1) is 14.2. The van der Waals surface area contributed by atoms with Gasteiger partial charge in [0.2, 0.25) is 0 Å². The number of aliphatic carboxylic acids is 1. The van der Waals surface area contributed by atoms with E-state index in [0.717, 1.165) is 16.7 Å². The van der Waals surface area contributed by atoms with Gasteiger partial charge in [-0.2, -0.15) is 0 Å². The Morgan fingerprint density at radius 3 is 2.33 bits per heavy atom. The third-order valence-electron chi connectivity index (χ3n) is 3.88. The van der Waals surface area contributed by atoms with Crippen LogP contribution in [0.15, 0.2) is 35.2 Å². The first kappa shape index (κ1) is 22.8. The van der Waals surface area contributed by atoms with Crippen LogP contribution in [0.2, 0.25) is 20.1 Å². The number of amides is 2. The highest BCUT2D eigenvalue weighted by Crippen LogP contribution is 2.38. The highest BCUT2D eigenvalue weighted by atomic mass is 35.5. The first-order valence-electron chi connectivity index (χ1n) is 8.18. The Kier molecular flexibility index (Phi) is 7.21. The van der Waals surface area contributed by atoms with Crippen molar-refractivity contribution in [3.8, 4) is 5.75 Å². The van der Waals surface area contributed by atoms with Crippen LogP contribution < -0.4 is 4.74 Å². The number of halogens is 4. The molecule has 2 aromatic carbocycles. The van der Waals surface area contributed by atoms with Crippen LogP contribution in [0.4, 0.5) is 4.79 Å². The summed E-state index contributed by atoms with van der Waals surface area (Å²) >= 11 is 25.0. The second kappa shape index (κ2) is 9.49. The molecule has 30 heavy (non-hydrogen) atoms. The maximum atomic E-state index is 12.7. The molecular weight excluding hydrogens is 496 g/mol. The Bertz CT molecular complexity index is 1070. The van der Waals surface area contributed by atoms with Crippen molar-refractivity contribution in [2.45, 2.75) is 6.54 Å². The van der Waals surface area contributed by atoms with Gasteiger partial charge in [-0.25, -0.2) is 4.79 Å². The molecule has 0 aliphatic carbocycles. The van der Waals surface area contributed by atoms with Crippen molar-refractivity contribution < 1.29 is 24.2 Å². The van der Waals surface area contributed by atoms with Crippen LogP contribution in [0, 0.1) is 0 Å². The predicted octanol–water partition coefficient (Wildman–Crippen LogP) is 6.00. The van der Waals surface area contributed by atoms with Gasteiger partial charge in [-0.05, 0) is 53.2 Å². The molecule has 1 N–H and O–H groups in total. The molecule has 1 saturated heterocycles. The smallest absolute Gasteiger partial charge is 0.341 e. The fourth-order valence-corrected chi connectivity index (χ4v) is 4.46. The maximum absolute atomic E-state index is 12.7. The van der Waals surface area contributed by atoms with Gasteiger partial charge >= 0.3 is 5.97 Å². The van der Waals surface area contributed by atoms with Crippen molar-refractivity contribution in [2.24, 2.45) is 0 Å². The van der Waals surface area contributed by atoms with Gasteiger partial charge in [-0.15, -0.1) is 0 Å². The summed E-state index contributed by atoms with van der Waals surface area (Å²) in [6.45, 7) is -0.605. The van der Waals surface area contributed by atoms with Gasteiger partial charge in [0.1, 0.15) is 0 Å². The van der Waals surface area contributed by atoms with Crippen molar-refractivity contribution in [2.75, 3.05) is 6.61 Å². The van der Waals surface area contributed by atoms with E-state index in [1.165, 1.54) is 24.3 Å². The average molecular weight is 507 g/mol. The van der Waals surface area contributed by atoms with E-state index in [2.05, 4.69) is 0 Å². The van der Waals surface area contributed by atoms with E-state index in [4.69, 9.17) is 56.2 Å². The number of rotatable bonds is 6. The number of carbonyl (C=O) groups is 3. The number of imide groups is 1. The molecule has 1 fully saturated rings. The summed E-state index contributed by atoms with van der Waals surface area (Å²) in [5.41, 5.74) is 1.03. The van der Waals surface area contributed by atoms with E-state index >= 15 is 0 Å². The Hall–Kier alpha value is -1.90. The molecular formula is C19H11Cl4NO5S. The fourth-order valence-electron chi connectivity index (χ4n) is 2.54. The number of ether oxygens (including phenoxy) is 1.